The zero-order valence-corrected chi connectivity index (χ0v) is 13.4. The van der Waals surface area contributed by atoms with Crippen molar-refractivity contribution in [2.24, 2.45) is 5.73 Å². The first-order valence-corrected chi connectivity index (χ1v) is 8.74. The number of carbonyl (C=O) groups excluding carboxylic acids is 2. The average molecular weight is 315 g/mol. The van der Waals surface area contributed by atoms with Gasteiger partial charge in [-0.2, -0.15) is 11.8 Å². The first-order valence-electron chi connectivity index (χ1n) is 7.69. The molecule has 7 heteroatoms. The molecule has 1 aliphatic heterocycles. The minimum absolute atomic E-state index is 0.0989. The van der Waals surface area contributed by atoms with E-state index in [0.29, 0.717) is 18.4 Å². The van der Waals surface area contributed by atoms with Gasteiger partial charge in [0.05, 0.1) is 13.2 Å². The maximum absolute atomic E-state index is 12.4. The monoisotopic (exact) mass is 315 g/mol. The lowest BCUT2D eigenvalue weighted by Crippen LogP contribution is -2.56. The molecule has 120 valence electrons. The smallest absolute Gasteiger partial charge is 0.317 e. The first kappa shape index (κ1) is 16.4. The lowest BCUT2D eigenvalue weighted by molar-refractivity contribution is -0.133. The van der Waals surface area contributed by atoms with E-state index in [4.69, 9.17) is 10.5 Å². The Labute approximate surface area is 130 Å². The van der Waals surface area contributed by atoms with Gasteiger partial charge in [0, 0.05) is 17.8 Å². The molecule has 1 saturated heterocycles. The highest BCUT2D eigenvalue weighted by molar-refractivity contribution is 7.99. The summed E-state index contributed by atoms with van der Waals surface area (Å²) in [7, 11) is 0. The Morgan fingerprint density at radius 1 is 1.38 bits per heavy atom. The van der Waals surface area contributed by atoms with Crippen molar-refractivity contribution in [1.29, 1.82) is 0 Å². The van der Waals surface area contributed by atoms with Crippen LogP contribution in [0.15, 0.2) is 0 Å². The second-order valence-corrected chi connectivity index (χ2v) is 7.06. The molecule has 2 aliphatic rings. The zero-order valence-electron chi connectivity index (χ0n) is 12.5. The Balaban J connectivity index is 1.88. The molecule has 2 rings (SSSR count). The third-order valence-electron chi connectivity index (χ3n) is 4.06. The van der Waals surface area contributed by atoms with Crippen molar-refractivity contribution >= 4 is 23.7 Å². The predicted molar refractivity (Wildman–Crippen MR) is 83.2 cm³/mol. The third kappa shape index (κ3) is 4.51. The summed E-state index contributed by atoms with van der Waals surface area (Å²) in [5.74, 6) is 0.558. The fraction of sp³-hybridized carbons (Fsp3) is 0.857. The van der Waals surface area contributed by atoms with E-state index in [9.17, 15) is 9.59 Å². The number of primary amides is 1. The Bertz CT molecular complexity index is 378. The molecule has 1 saturated carbocycles. The maximum Gasteiger partial charge on any atom is 0.317 e. The van der Waals surface area contributed by atoms with Crippen molar-refractivity contribution in [2.75, 3.05) is 25.4 Å². The summed E-state index contributed by atoms with van der Waals surface area (Å²) in [5.41, 5.74) is 5.25. The van der Waals surface area contributed by atoms with Crippen LogP contribution in [0, 0.1) is 0 Å². The van der Waals surface area contributed by atoms with Gasteiger partial charge in [0.25, 0.3) is 0 Å². The summed E-state index contributed by atoms with van der Waals surface area (Å²) in [6, 6.07) is 0.129. The Morgan fingerprint density at radius 2 is 2.14 bits per heavy atom. The summed E-state index contributed by atoms with van der Waals surface area (Å²) < 4.78 is 5.27. The van der Waals surface area contributed by atoms with E-state index in [-0.39, 0.29) is 18.6 Å². The van der Waals surface area contributed by atoms with E-state index in [1.165, 1.54) is 12.8 Å². The number of nitrogens with two attached hydrogens (primary N) is 1. The molecule has 3 unspecified atom stereocenters. The molecule has 0 radical (unpaired) electrons. The van der Waals surface area contributed by atoms with Crippen LogP contribution in [0.2, 0.25) is 0 Å². The second-order valence-electron chi connectivity index (χ2n) is 5.54. The first-order chi connectivity index (χ1) is 10.1. The number of ether oxygens (including phenoxy) is 1. The van der Waals surface area contributed by atoms with Crippen LogP contribution >= 0.6 is 11.8 Å². The summed E-state index contributed by atoms with van der Waals surface area (Å²) >= 11 is 1.92. The van der Waals surface area contributed by atoms with E-state index in [2.05, 4.69) is 12.2 Å². The topological polar surface area (TPSA) is 84.7 Å². The largest absolute Gasteiger partial charge is 0.367 e. The highest BCUT2D eigenvalue weighted by atomic mass is 32.2. The Hall–Kier alpha value is -0.950. The number of nitrogens with one attached hydrogen (secondary N) is 1. The molecule has 0 aromatic carbocycles. The normalized spacial score (nSPS) is 30.0. The van der Waals surface area contributed by atoms with Crippen molar-refractivity contribution in [3.8, 4) is 0 Å². The van der Waals surface area contributed by atoms with Gasteiger partial charge in [-0.1, -0.05) is 19.8 Å². The van der Waals surface area contributed by atoms with Crippen LogP contribution in [0.4, 0.5) is 4.79 Å². The average Bonchev–Trinajstić information content (AvgIpc) is 2.49. The molecular weight excluding hydrogens is 290 g/mol. The second kappa shape index (κ2) is 7.89. The van der Waals surface area contributed by atoms with Crippen molar-refractivity contribution < 1.29 is 14.3 Å². The van der Waals surface area contributed by atoms with Crippen LogP contribution in [0.25, 0.3) is 0 Å². The summed E-state index contributed by atoms with van der Waals surface area (Å²) in [5, 5.41) is 3.64. The predicted octanol–water partition coefficient (Wildman–Crippen LogP) is 0.946. The van der Waals surface area contributed by atoms with Gasteiger partial charge < -0.3 is 20.7 Å². The van der Waals surface area contributed by atoms with E-state index in [1.807, 2.05) is 11.8 Å². The highest BCUT2D eigenvalue weighted by Crippen LogP contribution is 2.28. The fourth-order valence-electron chi connectivity index (χ4n) is 2.93. The van der Waals surface area contributed by atoms with Gasteiger partial charge in [0.2, 0.25) is 5.91 Å². The fourth-order valence-corrected chi connectivity index (χ4v) is 4.13. The third-order valence-corrected chi connectivity index (χ3v) is 5.39. The number of rotatable bonds is 4. The van der Waals surface area contributed by atoms with Gasteiger partial charge in [-0.3, -0.25) is 4.79 Å². The zero-order chi connectivity index (χ0) is 15.2. The molecule has 1 heterocycles. The number of carbonyl (C=O) groups is 2. The number of urea groups is 1. The van der Waals surface area contributed by atoms with Gasteiger partial charge in [-0.15, -0.1) is 0 Å². The molecule has 1 aliphatic carbocycles. The van der Waals surface area contributed by atoms with Crippen molar-refractivity contribution in [2.45, 2.75) is 50.0 Å². The van der Waals surface area contributed by atoms with Gasteiger partial charge in [-0.05, 0) is 18.6 Å². The van der Waals surface area contributed by atoms with Crippen molar-refractivity contribution in [3.63, 3.8) is 0 Å². The van der Waals surface area contributed by atoms with E-state index in [1.54, 1.807) is 4.90 Å². The van der Waals surface area contributed by atoms with Gasteiger partial charge >= 0.3 is 6.03 Å². The summed E-state index contributed by atoms with van der Waals surface area (Å²) in [4.78, 5) is 25.2. The van der Waals surface area contributed by atoms with E-state index in [0.717, 1.165) is 18.6 Å². The van der Waals surface area contributed by atoms with Crippen LogP contribution in [0.1, 0.15) is 32.6 Å². The van der Waals surface area contributed by atoms with E-state index < -0.39 is 12.0 Å². The quantitative estimate of drug-likeness (QED) is 0.809. The number of amides is 3. The number of thioether (sulfide) groups is 1. The van der Waals surface area contributed by atoms with Crippen molar-refractivity contribution in [1.82, 2.24) is 10.2 Å². The summed E-state index contributed by atoms with van der Waals surface area (Å²) in [6.45, 7) is 3.27. The van der Waals surface area contributed by atoms with E-state index >= 15 is 0 Å². The number of hydrogen-bond donors (Lipinski definition) is 2. The standard InChI is InChI=1S/C14H25N3O3S/c1-2-21-12-6-4-3-5-10(12)16-14(19)17-7-8-20-11(9-17)13(15)18/h10-12H,2-9H2,1H3,(H2,15,18)(H,16,19). The molecular formula is C14H25N3O3S. The molecule has 0 aromatic heterocycles. The van der Waals surface area contributed by atoms with Crippen LogP contribution < -0.4 is 11.1 Å². The molecule has 3 amide bonds. The Morgan fingerprint density at radius 3 is 2.86 bits per heavy atom. The number of morpholine rings is 1. The Kier molecular flexibility index (Phi) is 6.17. The molecule has 0 aromatic rings. The molecule has 3 N–H and O–H groups in total. The van der Waals surface area contributed by atoms with Crippen LogP contribution in [0.5, 0.6) is 0 Å². The van der Waals surface area contributed by atoms with Crippen molar-refractivity contribution in [3.05, 3.63) is 0 Å². The minimum Gasteiger partial charge on any atom is -0.367 e. The summed E-state index contributed by atoms with van der Waals surface area (Å²) in [6.07, 6.45) is 3.92. The lowest BCUT2D eigenvalue weighted by atomic mass is 9.95. The van der Waals surface area contributed by atoms with Crippen LogP contribution in [-0.4, -0.2) is 59.7 Å². The molecule has 0 bridgehead atoms. The maximum atomic E-state index is 12.4. The molecule has 3 atom stereocenters. The SMILES string of the molecule is CCSC1CCCCC1NC(=O)N1CCOC(C(N)=O)C1. The highest BCUT2D eigenvalue weighted by Gasteiger charge is 2.31. The number of nitrogens with zero attached hydrogens (tertiary/aromatic N) is 1. The van der Waals surface area contributed by atoms with Crippen LogP contribution in [-0.2, 0) is 9.53 Å². The number of hydrogen-bond acceptors (Lipinski definition) is 4. The van der Waals surface area contributed by atoms with Gasteiger partial charge in [0.15, 0.2) is 6.10 Å². The lowest BCUT2D eigenvalue weighted by Gasteiger charge is -2.36. The van der Waals surface area contributed by atoms with Gasteiger partial charge in [0.1, 0.15) is 0 Å². The minimum atomic E-state index is -0.684. The molecule has 2 fully saturated rings. The van der Waals surface area contributed by atoms with Gasteiger partial charge in [-0.25, -0.2) is 4.79 Å². The molecule has 0 spiro atoms. The molecule has 21 heavy (non-hydrogen) atoms. The molecule has 6 nitrogen and oxygen atoms in total. The van der Waals surface area contributed by atoms with Crippen LogP contribution in [0.3, 0.4) is 0 Å².